The van der Waals surface area contributed by atoms with Crippen LogP contribution in [0.25, 0.3) is 0 Å². The Kier molecular flexibility index (Phi) is 5.07. The second-order valence-electron chi connectivity index (χ2n) is 5.00. The van der Waals surface area contributed by atoms with Gasteiger partial charge in [-0.2, -0.15) is 21.0 Å². The van der Waals surface area contributed by atoms with Gasteiger partial charge in [0, 0.05) is 11.3 Å². The van der Waals surface area contributed by atoms with Crippen LogP contribution in [-0.2, 0) is 16.3 Å². The predicted molar refractivity (Wildman–Crippen MR) is 80.0 cm³/mol. The van der Waals surface area contributed by atoms with E-state index in [4.69, 9.17) is 0 Å². The molecule has 0 heterocycles. The molecular weight excluding hydrogens is 303 g/mol. The molecule has 0 aromatic heterocycles. The van der Waals surface area contributed by atoms with Crippen LogP contribution < -0.4 is 4.18 Å². The Hall–Kier alpha value is -0.973. The fourth-order valence-electron chi connectivity index (χ4n) is 1.25. The molecule has 0 bridgehead atoms. The highest BCUT2D eigenvalue weighted by Crippen LogP contribution is 2.20. The molecule has 0 amide bonds. The molecule has 7 heteroatoms. The van der Waals surface area contributed by atoms with Crippen molar-refractivity contribution in [2.24, 2.45) is 0 Å². The molecule has 0 spiro atoms. The van der Waals surface area contributed by atoms with Crippen molar-refractivity contribution in [2.45, 2.75) is 25.4 Å². The third-order valence-electron chi connectivity index (χ3n) is 1.93. The summed E-state index contributed by atoms with van der Waals surface area (Å²) in [5.74, 6) is 3.26. The van der Waals surface area contributed by atoms with Crippen LogP contribution in [0.5, 0.6) is 5.75 Å². The molecule has 3 nitrogen and oxygen atoms in total. The zero-order valence-corrected chi connectivity index (χ0v) is 13.6. The van der Waals surface area contributed by atoms with Crippen LogP contribution in [0.3, 0.4) is 0 Å². The summed E-state index contributed by atoms with van der Waals surface area (Å²) in [6, 6.07) is 4.60. The fourth-order valence-corrected chi connectivity index (χ4v) is 2.27. The first-order chi connectivity index (χ1) is 8.59. The minimum absolute atomic E-state index is 0.0890. The Bertz CT molecular complexity index is 625. The van der Waals surface area contributed by atoms with Crippen LogP contribution in [0, 0.1) is 11.5 Å². The van der Waals surface area contributed by atoms with Crippen molar-refractivity contribution in [1.29, 1.82) is 0 Å². The maximum atomic E-state index is 12.5. The van der Waals surface area contributed by atoms with Crippen molar-refractivity contribution >= 4 is 31.2 Å². The molecule has 0 saturated carbocycles. The average Bonchev–Trinajstić information content (AvgIpc) is 2.22. The molecular formula is C12H15FO3S2Si. The van der Waals surface area contributed by atoms with Gasteiger partial charge in [0.05, 0.1) is 0 Å². The topological polar surface area (TPSA) is 43.4 Å². The highest BCUT2D eigenvalue weighted by molar-refractivity contribution is 7.81. The van der Waals surface area contributed by atoms with Crippen LogP contribution >= 0.6 is 12.6 Å². The Labute approximate surface area is 120 Å². The SMILES string of the molecule is C[Si](C)(C)C#Cc1cc(CS)cc(OS(=O)(=O)F)c1. The summed E-state index contributed by atoms with van der Waals surface area (Å²) in [5, 5.41) is 0. The zero-order valence-electron chi connectivity index (χ0n) is 10.9. The van der Waals surface area contributed by atoms with Crippen molar-refractivity contribution in [3.8, 4) is 17.2 Å². The highest BCUT2D eigenvalue weighted by Gasteiger charge is 2.11. The van der Waals surface area contributed by atoms with E-state index in [-0.39, 0.29) is 5.75 Å². The van der Waals surface area contributed by atoms with E-state index in [1.165, 1.54) is 12.1 Å². The minimum atomic E-state index is -5.03. The maximum Gasteiger partial charge on any atom is 0.488 e. The largest absolute Gasteiger partial charge is 0.488 e. The molecule has 0 atom stereocenters. The van der Waals surface area contributed by atoms with Crippen molar-refractivity contribution in [3.63, 3.8) is 0 Å². The van der Waals surface area contributed by atoms with E-state index < -0.39 is 18.6 Å². The molecule has 0 N–H and O–H groups in total. The quantitative estimate of drug-likeness (QED) is 0.403. The molecule has 0 fully saturated rings. The van der Waals surface area contributed by atoms with Gasteiger partial charge < -0.3 is 4.18 Å². The summed E-state index contributed by atoms with van der Waals surface area (Å²) in [7, 11) is -6.57. The van der Waals surface area contributed by atoms with Gasteiger partial charge in [0.25, 0.3) is 0 Å². The Balaban J connectivity index is 3.18. The molecule has 0 aliphatic carbocycles. The third-order valence-corrected chi connectivity index (χ3v) is 3.56. The zero-order chi connectivity index (χ0) is 14.7. The standard InChI is InChI=1S/C12H15FO3S2Si/c1-19(2,3)5-4-10-6-11(9-17)8-12(7-10)16-18(13,14)15/h6-8,17H,9H2,1-3H3. The molecule has 0 radical (unpaired) electrons. The van der Waals surface area contributed by atoms with Crippen molar-refractivity contribution in [3.05, 3.63) is 29.3 Å². The van der Waals surface area contributed by atoms with Crippen molar-refractivity contribution in [1.82, 2.24) is 0 Å². The predicted octanol–water partition coefficient (Wildman–Crippen LogP) is 2.94. The highest BCUT2D eigenvalue weighted by atomic mass is 32.3. The lowest BCUT2D eigenvalue weighted by atomic mass is 10.1. The van der Waals surface area contributed by atoms with Crippen molar-refractivity contribution < 1.29 is 16.5 Å². The van der Waals surface area contributed by atoms with Gasteiger partial charge in [-0.05, 0) is 23.8 Å². The van der Waals surface area contributed by atoms with E-state index >= 15 is 0 Å². The summed E-state index contributed by atoms with van der Waals surface area (Å²) in [6.45, 7) is 6.27. The molecule has 0 aliphatic rings. The number of halogens is 1. The van der Waals surface area contributed by atoms with Crippen LogP contribution in [0.2, 0.25) is 19.6 Å². The summed E-state index contributed by atoms with van der Waals surface area (Å²) in [6.07, 6.45) is 0. The summed E-state index contributed by atoms with van der Waals surface area (Å²) in [5.41, 5.74) is 4.45. The first kappa shape index (κ1) is 16.1. The average molecular weight is 318 g/mol. The fraction of sp³-hybridized carbons (Fsp3) is 0.333. The Morgan fingerprint density at radius 1 is 1.32 bits per heavy atom. The summed E-state index contributed by atoms with van der Waals surface area (Å²) < 4.78 is 37.7. The molecule has 0 saturated heterocycles. The molecule has 1 rings (SSSR count). The number of benzene rings is 1. The van der Waals surface area contributed by atoms with Crippen LogP contribution in [0.4, 0.5) is 3.89 Å². The maximum absolute atomic E-state index is 12.5. The lowest BCUT2D eigenvalue weighted by molar-refractivity contribution is 0.440. The molecule has 1 aromatic rings. The van der Waals surface area contributed by atoms with Gasteiger partial charge >= 0.3 is 10.5 Å². The second kappa shape index (κ2) is 5.99. The number of thiol groups is 1. The summed E-state index contributed by atoms with van der Waals surface area (Å²) in [4.78, 5) is 0. The van der Waals surface area contributed by atoms with Gasteiger partial charge in [-0.3, -0.25) is 0 Å². The van der Waals surface area contributed by atoms with Crippen LogP contribution in [-0.4, -0.2) is 16.5 Å². The van der Waals surface area contributed by atoms with Crippen LogP contribution in [0.1, 0.15) is 11.1 Å². The van der Waals surface area contributed by atoms with E-state index in [2.05, 4.69) is 47.9 Å². The number of hydrogen-bond acceptors (Lipinski definition) is 4. The Morgan fingerprint density at radius 3 is 2.42 bits per heavy atom. The minimum Gasteiger partial charge on any atom is -0.358 e. The van der Waals surface area contributed by atoms with E-state index in [1.807, 2.05) is 0 Å². The van der Waals surface area contributed by atoms with E-state index in [9.17, 15) is 12.3 Å². The second-order valence-corrected chi connectivity index (χ2v) is 11.0. The lowest BCUT2D eigenvalue weighted by Crippen LogP contribution is -2.16. The molecule has 104 valence electrons. The lowest BCUT2D eigenvalue weighted by Gasteiger charge is -2.06. The molecule has 1 aromatic carbocycles. The normalized spacial score (nSPS) is 11.6. The van der Waals surface area contributed by atoms with Gasteiger partial charge in [0.1, 0.15) is 13.8 Å². The van der Waals surface area contributed by atoms with E-state index in [1.54, 1.807) is 6.07 Å². The van der Waals surface area contributed by atoms with Crippen molar-refractivity contribution in [2.75, 3.05) is 0 Å². The monoisotopic (exact) mass is 318 g/mol. The molecule has 19 heavy (non-hydrogen) atoms. The van der Waals surface area contributed by atoms with Gasteiger partial charge in [-0.1, -0.05) is 29.4 Å². The first-order valence-corrected chi connectivity index (χ1v) is 11.0. The smallest absolute Gasteiger partial charge is 0.358 e. The van der Waals surface area contributed by atoms with Gasteiger partial charge in [0.2, 0.25) is 0 Å². The molecule has 0 aliphatic heterocycles. The van der Waals surface area contributed by atoms with Crippen LogP contribution in [0.15, 0.2) is 18.2 Å². The summed E-state index contributed by atoms with van der Waals surface area (Å²) >= 11 is 4.10. The van der Waals surface area contributed by atoms with Gasteiger partial charge in [-0.25, -0.2) is 0 Å². The van der Waals surface area contributed by atoms with Gasteiger partial charge in [-0.15, -0.1) is 5.54 Å². The van der Waals surface area contributed by atoms with E-state index in [0.717, 1.165) is 0 Å². The molecule has 0 unspecified atom stereocenters. The first-order valence-electron chi connectivity index (χ1n) is 5.51. The van der Waals surface area contributed by atoms with Gasteiger partial charge in [0.15, 0.2) is 0 Å². The number of hydrogen-bond donors (Lipinski definition) is 1. The number of rotatable bonds is 3. The van der Waals surface area contributed by atoms with E-state index in [0.29, 0.717) is 16.9 Å². The third kappa shape index (κ3) is 6.66. The Morgan fingerprint density at radius 2 is 1.95 bits per heavy atom.